The third-order valence-corrected chi connectivity index (χ3v) is 2.11. The highest BCUT2D eigenvalue weighted by Gasteiger charge is 2.13. The highest BCUT2D eigenvalue weighted by Crippen LogP contribution is 2.23. The van der Waals surface area contributed by atoms with Crippen LogP contribution < -0.4 is 5.73 Å². The van der Waals surface area contributed by atoms with Crippen molar-refractivity contribution in [3.63, 3.8) is 0 Å². The van der Waals surface area contributed by atoms with Crippen molar-refractivity contribution in [2.45, 2.75) is 26.4 Å². The molecule has 0 spiro atoms. The summed E-state index contributed by atoms with van der Waals surface area (Å²) in [4.78, 5) is 4.26. The number of nitrogens with zero attached hydrogens (tertiary/aromatic N) is 1. The fraction of sp³-hybridized carbons (Fsp3) is 0.545. The molecule has 0 saturated carbocycles. The van der Waals surface area contributed by atoms with E-state index in [1.54, 1.807) is 19.4 Å². The van der Waals surface area contributed by atoms with Gasteiger partial charge in [0.15, 0.2) is 0 Å². The number of hydrogen-bond donors (Lipinski definition) is 1. The summed E-state index contributed by atoms with van der Waals surface area (Å²) in [5, 5.41) is 0. The molecule has 1 atom stereocenters. The summed E-state index contributed by atoms with van der Waals surface area (Å²) in [5.41, 5.74) is 7.34. The first-order valence-corrected chi connectivity index (χ1v) is 4.87. The van der Waals surface area contributed by atoms with Crippen molar-refractivity contribution < 1.29 is 4.74 Å². The molecule has 1 aromatic heterocycles. The molecule has 0 saturated heterocycles. The largest absolute Gasteiger partial charge is 0.399 e. The quantitative estimate of drug-likeness (QED) is 0.800. The van der Waals surface area contributed by atoms with Crippen LogP contribution in [0.2, 0.25) is 0 Å². The van der Waals surface area contributed by atoms with E-state index >= 15 is 0 Å². The lowest BCUT2D eigenvalue weighted by molar-refractivity contribution is 0.0812. The summed E-state index contributed by atoms with van der Waals surface area (Å²) in [6.07, 6.45) is 2.74. The number of anilines is 1. The molecule has 78 valence electrons. The van der Waals surface area contributed by atoms with Crippen molar-refractivity contribution in [3.8, 4) is 0 Å². The molecule has 0 bridgehead atoms. The molecule has 14 heavy (non-hydrogen) atoms. The molecule has 0 aromatic carbocycles. The zero-order valence-electron chi connectivity index (χ0n) is 9.03. The Labute approximate surface area is 85.3 Å². The molecule has 0 fully saturated rings. The van der Waals surface area contributed by atoms with Gasteiger partial charge in [-0.15, -0.1) is 0 Å². The van der Waals surface area contributed by atoms with Crippen LogP contribution in [0.15, 0.2) is 18.3 Å². The smallest absolute Gasteiger partial charge is 0.0993 e. The van der Waals surface area contributed by atoms with Crippen molar-refractivity contribution >= 4 is 5.69 Å². The molecule has 1 heterocycles. The van der Waals surface area contributed by atoms with Gasteiger partial charge in [-0.1, -0.05) is 13.8 Å². The molecule has 3 heteroatoms. The van der Waals surface area contributed by atoms with Crippen LogP contribution in [0.1, 0.15) is 32.1 Å². The lowest BCUT2D eigenvalue weighted by atomic mass is 10.0. The van der Waals surface area contributed by atoms with E-state index in [4.69, 9.17) is 10.5 Å². The third kappa shape index (κ3) is 3.00. The number of methoxy groups -OCH3 is 1. The lowest BCUT2D eigenvalue weighted by Gasteiger charge is -2.16. The van der Waals surface area contributed by atoms with Gasteiger partial charge < -0.3 is 10.5 Å². The summed E-state index contributed by atoms with van der Waals surface area (Å²) in [7, 11) is 1.71. The Morgan fingerprint density at radius 3 is 2.71 bits per heavy atom. The van der Waals surface area contributed by atoms with Crippen LogP contribution in [0.4, 0.5) is 5.69 Å². The second-order valence-electron chi connectivity index (χ2n) is 3.87. The first kappa shape index (κ1) is 11.0. The van der Waals surface area contributed by atoms with E-state index in [0.717, 1.165) is 17.8 Å². The minimum atomic E-state index is 0.0542. The fourth-order valence-corrected chi connectivity index (χ4v) is 1.41. The molecule has 0 aliphatic rings. The number of hydrogen-bond acceptors (Lipinski definition) is 3. The Morgan fingerprint density at radius 1 is 1.50 bits per heavy atom. The number of aromatic nitrogens is 1. The van der Waals surface area contributed by atoms with E-state index in [9.17, 15) is 0 Å². The molecule has 1 unspecified atom stereocenters. The van der Waals surface area contributed by atoms with Crippen molar-refractivity contribution in [2.24, 2.45) is 5.92 Å². The van der Waals surface area contributed by atoms with Gasteiger partial charge in [-0.25, -0.2) is 0 Å². The van der Waals surface area contributed by atoms with Crippen LogP contribution >= 0.6 is 0 Å². The molecule has 1 rings (SSSR count). The molecular formula is C11H18N2O. The third-order valence-electron chi connectivity index (χ3n) is 2.11. The van der Waals surface area contributed by atoms with Crippen LogP contribution in [0.3, 0.4) is 0 Å². The van der Waals surface area contributed by atoms with Gasteiger partial charge >= 0.3 is 0 Å². The van der Waals surface area contributed by atoms with E-state index in [2.05, 4.69) is 18.8 Å². The van der Waals surface area contributed by atoms with Crippen molar-refractivity contribution in [2.75, 3.05) is 12.8 Å². The zero-order chi connectivity index (χ0) is 10.6. The Kier molecular flexibility index (Phi) is 3.89. The van der Waals surface area contributed by atoms with Gasteiger partial charge in [0.25, 0.3) is 0 Å². The Bertz CT molecular complexity index is 286. The number of nitrogen functional groups attached to an aromatic ring is 1. The Balaban J connectivity index is 2.78. The van der Waals surface area contributed by atoms with Crippen molar-refractivity contribution in [1.82, 2.24) is 4.98 Å². The molecular weight excluding hydrogens is 176 g/mol. The maximum absolute atomic E-state index is 5.69. The van der Waals surface area contributed by atoms with E-state index in [1.165, 1.54) is 0 Å². The highest BCUT2D eigenvalue weighted by atomic mass is 16.5. The summed E-state index contributed by atoms with van der Waals surface area (Å²) < 4.78 is 5.38. The van der Waals surface area contributed by atoms with Gasteiger partial charge in [-0.05, 0) is 24.5 Å². The van der Waals surface area contributed by atoms with E-state index < -0.39 is 0 Å². The van der Waals surface area contributed by atoms with E-state index in [1.807, 2.05) is 6.07 Å². The van der Waals surface area contributed by atoms with Gasteiger partial charge in [0.05, 0.1) is 11.8 Å². The fourth-order valence-electron chi connectivity index (χ4n) is 1.41. The summed E-state index contributed by atoms with van der Waals surface area (Å²) in [6.45, 7) is 4.33. The normalized spacial score (nSPS) is 13.1. The average Bonchev–Trinajstić information content (AvgIpc) is 2.14. The maximum Gasteiger partial charge on any atom is 0.0993 e. The minimum Gasteiger partial charge on any atom is -0.399 e. The number of rotatable bonds is 4. The Hall–Kier alpha value is -1.09. The van der Waals surface area contributed by atoms with E-state index in [0.29, 0.717) is 5.92 Å². The van der Waals surface area contributed by atoms with Crippen LogP contribution in [-0.2, 0) is 4.74 Å². The van der Waals surface area contributed by atoms with Crippen molar-refractivity contribution in [1.29, 1.82) is 0 Å². The molecule has 1 aromatic rings. The monoisotopic (exact) mass is 194 g/mol. The molecule has 0 radical (unpaired) electrons. The standard InChI is InChI=1S/C11H18N2O/c1-8(2)6-11(14-3)10-7-9(12)4-5-13-10/h4-5,7-8,11H,6H2,1-3H3,(H2,12,13). The SMILES string of the molecule is COC(CC(C)C)c1cc(N)ccn1. The predicted molar refractivity (Wildman–Crippen MR) is 57.9 cm³/mol. The predicted octanol–water partition coefficient (Wildman–Crippen LogP) is 2.40. The van der Waals surface area contributed by atoms with Gasteiger partial charge in [0.1, 0.15) is 0 Å². The van der Waals surface area contributed by atoms with Crippen LogP contribution in [0.5, 0.6) is 0 Å². The zero-order valence-corrected chi connectivity index (χ0v) is 9.03. The maximum atomic E-state index is 5.69. The summed E-state index contributed by atoms with van der Waals surface area (Å²) >= 11 is 0. The van der Waals surface area contributed by atoms with Gasteiger partial charge in [-0.3, -0.25) is 4.98 Å². The average molecular weight is 194 g/mol. The second kappa shape index (κ2) is 4.96. The van der Waals surface area contributed by atoms with Gasteiger partial charge in [0.2, 0.25) is 0 Å². The summed E-state index contributed by atoms with van der Waals surface area (Å²) in [5.74, 6) is 0.586. The van der Waals surface area contributed by atoms with Crippen LogP contribution in [-0.4, -0.2) is 12.1 Å². The van der Waals surface area contributed by atoms with Crippen molar-refractivity contribution in [3.05, 3.63) is 24.0 Å². The molecule has 0 amide bonds. The van der Waals surface area contributed by atoms with Gasteiger partial charge in [0, 0.05) is 19.0 Å². The first-order valence-electron chi connectivity index (χ1n) is 4.87. The van der Waals surface area contributed by atoms with Crippen LogP contribution in [0.25, 0.3) is 0 Å². The molecule has 0 aliphatic heterocycles. The summed E-state index contributed by atoms with van der Waals surface area (Å²) in [6, 6.07) is 3.65. The number of ether oxygens (including phenoxy) is 1. The topological polar surface area (TPSA) is 48.1 Å². The Morgan fingerprint density at radius 2 is 2.21 bits per heavy atom. The second-order valence-corrected chi connectivity index (χ2v) is 3.87. The number of nitrogens with two attached hydrogens (primary N) is 1. The minimum absolute atomic E-state index is 0.0542. The molecule has 2 N–H and O–H groups in total. The van der Waals surface area contributed by atoms with E-state index in [-0.39, 0.29) is 6.10 Å². The highest BCUT2D eigenvalue weighted by molar-refractivity contribution is 5.37. The number of pyridine rings is 1. The van der Waals surface area contributed by atoms with Gasteiger partial charge in [-0.2, -0.15) is 0 Å². The van der Waals surface area contributed by atoms with Crippen LogP contribution in [0, 0.1) is 5.92 Å². The lowest BCUT2D eigenvalue weighted by Crippen LogP contribution is -2.07. The molecule has 3 nitrogen and oxygen atoms in total. The first-order chi connectivity index (χ1) is 6.63. The molecule has 0 aliphatic carbocycles.